The Morgan fingerprint density at radius 2 is 1.77 bits per heavy atom. The summed E-state index contributed by atoms with van der Waals surface area (Å²) >= 11 is 0. The van der Waals surface area contributed by atoms with E-state index in [2.05, 4.69) is 10.9 Å². The number of halogens is 3. The average Bonchev–Trinajstić information content (AvgIpc) is 2.57. The quantitative estimate of drug-likeness (QED) is 0.817. The summed E-state index contributed by atoms with van der Waals surface area (Å²) in [7, 11) is 0. The zero-order valence-corrected chi connectivity index (χ0v) is 14.1. The number of hydrogen-bond donors (Lipinski definition) is 2. The molecule has 0 aliphatic carbocycles. The number of carbonyl (C=O) groups is 2. The molecule has 0 unspecified atom stereocenters. The summed E-state index contributed by atoms with van der Waals surface area (Å²) in [5.41, 5.74) is 5.65. The van der Waals surface area contributed by atoms with Gasteiger partial charge in [-0.05, 0) is 43.7 Å². The number of hydrazine groups is 1. The Balaban J connectivity index is 1.87. The zero-order chi connectivity index (χ0) is 19.3. The van der Waals surface area contributed by atoms with Crippen molar-refractivity contribution in [1.82, 2.24) is 10.9 Å². The first kappa shape index (κ1) is 19.3. The zero-order valence-electron chi connectivity index (χ0n) is 14.1. The fourth-order valence-electron chi connectivity index (χ4n) is 2.21. The van der Waals surface area contributed by atoms with Gasteiger partial charge >= 0.3 is 6.18 Å². The number of carbonyl (C=O) groups excluding carboxylic acids is 2. The summed E-state index contributed by atoms with van der Waals surface area (Å²) in [5.74, 6) is -1.31. The molecule has 0 atom stereocenters. The first-order chi connectivity index (χ1) is 12.2. The van der Waals surface area contributed by atoms with Crippen LogP contribution in [0.1, 0.15) is 27.0 Å². The van der Waals surface area contributed by atoms with Crippen LogP contribution < -0.4 is 15.6 Å². The third kappa shape index (κ3) is 5.23. The van der Waals surface area contributed by atoms with Gasteiger partial charge in [-0.3, -0.25) is 20.4 Å². The third-order valence-electron chi connectivity index (χ3n) is 3.47. The predicted molar refractivity (Wildman–Crippen MR) is 88.5 cm³/mol. The lowest BCUT2D eigenvalue weighted by Gasteiger charge is -2.11. The van der Waals surface area contributed by atoms with Crippen LogP contribution >= 0.6 is 0 Å². The van der Waals surface area contributed by atoms with Crippen LogP contribution in [0.4, 0.5) is 13.2 Å². The van der Waals surface area contributed by atoms with E-state index < -0.39 is 30.2 Å². The average molecular weight is 366 g/mol. The summed E-state index contributed by atoms with van der Waals surface area (Å²) in [4.78, 5) is 23.7. The number of alkyl halides is 3. The molecule has 0 aromatic heterocycles. The van der Waals surface area contributed by atoms with E-state index >= 15 is 0 Å². The van der Waals surface area contributed by atoms with Crippen LogP contribution in [0.5, 0.6) is 5.75 Å². The van der Waals surface area contributed by atoms with Crippen LogP contribution in [0, 0.1) is 13.8 Å². The van der Waals surface area contributed by atoms with Gasteiger partial charge in [0.1, 0.15) is 5.75 Å². The molecule has 26 heavy (non-hydrogen) atoms. The van der Waals surface area contributed by atoms with Gasteiger partial charge < -0.3 is 4.74 Å². The molecule has 2 rings (SSSR count). The molecular formula is C18H17F3N2O3. The molecule has 0 heterocycles. The highest BCUT2D eigenvalue weighted by atomic mass is 19.4. The molecule has 2 aromatic rings. The van der Waals surface area contributed by atoms with Crippen molar-refractivity contribution >= 4 is 11.8 Å². The van der Waals surface area contributed by atoms with Crippen molar-refractivity contribution in [1.29, 1.82) is 0 Å². The first-order valence-corrected chi connectivity index (χ1v) is 7.63. The second kappa shape index (κ2) is 7.90. The molecule has 0 spiro atoms. The fraction of sp³-hybridized carbons (Fsp3) is 0.222. The topological polar surface area (TPSA) is 67.4 Å². The van der Waals surface area contributed by atoms with Crippen molar-refractivity contribution in [2.45, 2.75) is 20.0 Å². The van der Waals surface area contributed by atoms with Gasteiger partial charge in [0.25, 0.3) is 11.8 Å². The number of rotatable bonds is 4. The van der Waals surface area contributed by atoms with E-state index in [0.717, 1.165) is 23.3 Å². The normalized spacial score (nSPS) is 11.0. The van der Waals surface area contributed by atoms with Crippen LogP contribution in [0.2, 0.25) is 0 Å². The molecule has 0 saturated heterocycles. The van der Waals surface area contributed by atoms with Gasteiger partial charge in [0.05, 0.1) is 5.56 Å². The van der Waals surface area contributed by atoms with Crippen LogP contribution in [0.3, 0.4) is 0 Å². The first-order valence-electron chi connectivity index (χ1n) is 7.63. The van der Waals surface area contributed by atoms with Gasteiger partial charge in [0.2, 0.25) is 0 Å². The maximum Gasteiger partial charge on any atom is 0.416 e. The maximum atomic E-state index is 12.6. The minimum absolute atomic E-state index is 0.101. The third-order valence-corrected chi connectivity index (χ3v) is 3.47. The second-order valence-electron chi connectivity index (χ2n) is 5.63. The Bertz CT molecular complexity index is 820. The number of hydrogen-bond acceptors (Lipinski definition) is 3. The lowest BCUT2D eigenvalue weighted by Crippen LogP contribution is -2.44. The van der Waals surface area contributed by atoms with Crippen LogP contribution in [-0.4, -0.2) is 18.4 Å². The molecule has 5 nitrogen and oxygen atoms in total. The molecule has 2 amide bonds. The van der Waals surface area contributed by atoms with Gasteiger partial charge in [-0.2, -0.15) is 13.2 Å². The van der Waals surface area contributed by atoms with E-state index in [1.807, 2.05) is 13.0 Å². The maximum absolute atomic E-state index is 12.6. The number of amides is 2. The Kier molecular flexibility index (Phi) is 5.86. The molecule has 8 heteroatoms. The smallest absolute Gasteiger partial charge is 0.416 e. The van der Waals surface area contributed by atoms with Crippen molar-refractivity contribution in [3.63, 3.8) is 0 Å². The van der Waals surface area contributed by atoms with Gasteiger partial charge in [0.15, 0.2) is 6.61 Å². The van der Waals surface area contributed by atoms with E-state index in [1.165, 1.54) is 12.1 Å². The molecule has 0 radical (unpaired) electrons. The lowest BCUT2D eigenvalue weighted by molar-refractivity contribution is -0.137. The van der Waals surface area contributed by atoms with Crippen molar-refractivity contribution in [3.8, 4) is 5.75 Å². The van der Waals surface area contributed by atoms with E-state index in [0.29, 0.717) is 5.56 Å². The van der Waals surface area contributed by atoms with Gasteiger partial charge in [0, 0.05) is 5.56 Å². The Labute approximate surface area is 148 Å². The minimum Gasteiger partial charge on any atom is -0.484 e. The van der Waals surface area contributed by atoms with Crippen molar-refractivity contribution in [2.24, 2.45) is 0 Å². The molecular weight excluding hydrogens is 349 g/mol. The standard InChI is InChI=1S/C18H17F3N2O3/c1-11-6-7-15(12(2)8-11)17(25)23-22-16(24)10-26-14-5-3-4-13(9-14)18(19,20)21/h3-9H,10H2,1-2H3,(H,22,24)(H,23,25). The summed E-state index contributed by atoms with van der Waals surface area (Å²) in [6, 6.07) is 9.40. The van der Waals surface area contributed by atoms with E-state index in [-0.39, 0.29) is 5.75 Å². The molecule has 2 aromatic carbocycles. The van der Waals surface area contributed by atoms with Gasteiger partial charge in [-0.1, -0.05) is 23.8 Å². The SMILES string of the molecule is Cc1ccc(C(=O)NNC(=O)COc2cccc(C(F)(F)F)c2)c(C)c1. The summed E-state index contributed by atoms with van der Waals surface area (Å²) in [6.07, 6.45) is -4.50. The lowest BCUT2D eigenvalue weighted by atomic mass is 10.1. The number of nitrogens with one attached hydrogen (secondary N) is 2. The summed E-state index contributed by atoms with van der Waals surface area (Å²) < 4.78 is 42.9. The van der Waals surface area contributed by atoms with Gasteiger partial charge in [-0.15, -0.1) is 0 Å². The summed E-state index contributed by atoms with van der Waals surface area (Å²) in [6.45, 7) is 3.11. The highest BCUT2D eigenvalue weighted by molar-refractivity contribution is 5.96. The minimum atomic E-state index is -4.50. The van der Waals surface area contributed by atoms with Crippen LogP contribution in [-0.2, 0) is 11.0 Å². The summed E-state index contributed by atoms with van der Waals surface area (Å²) in [5, 5.41) is 0. The Hall–Kier alpha value is -3.03. The van der Waals surface area contributed by atoms with Crippen molar-refractivity contribution in [3.05, 3.63) is 64.7 Å². The van der Waals surface area contributed by atoms with E-state index in [4.69, 9.17) is 4.74 Å². The molecule has 0 aliphatic heterocycles. The Morgan fingerprint density at radius 3 is 2.42 bits per heavy atom. The molecule has 0 saturated carbocycles. The highest BCUT2D eigenvalue weighted by Gasteiger charge is 2.30. The van der Waals surface area contributed by atoms with Crippen LogP contribution in [0.15, 0.2) is 42.5 Å². The second-order valence-corrected chi connectivity index (χ2v) is 5.63. The Morgan fingerprint density at radius 1 is 1.04 bits per heavy atom. The molecule has 0 fully saturated rings. The van der Waals surface area contributed by atoms with E-state index in [9.17, 15) is 22.8 Å². The van der Waals surface area contributed by atoms with Crippen molar-refractivity contribution in [2.75, 3.05) is 6.61 Å². The van der Waals surface area contributed by atoms with Crippen LogP contribution in [0.25, 0.3) is 0 Å². The molecule has 0 aliphatic rings. The van der Waals surface area contributed by atoms with Crippen molar-refractivity contribution < 1.29 is 27.5 Å². The van der Waals surface area contributed by atoms with Gasteiger partial charge in [-0.25, -0.2) is 0 Å². The highest BCUT2D eigenvalue weighted by Crippen LogP contribution is 2.31. The molecule has 2 N–H and O–H groups in total. The monoisotopic (exact) mass is 366 g/mol. The number of aryl methyl sites for hydroxylation is 2. The predicted octanol–water partition coefficient (Wildman–Crippen LogP) is 3.16. The molecule has 0 bridgehead atoms. The number of ether oxygens (including phenoxy) is 1. The number of benzene rings is 2. The fourth-order valence-corrected chi connectivity index (χ4v) is 2.21. The largest absolute Gasteiger partial charge is 0.484 e. The van der Waals surface area contributed by atoms with E-state index in [1.54, 1.807) is 19.1 Å². The molecule has 138 valence electrons.